The zero-order valence-electron chi connectivity index (χ0n) is 14.6. The van der Waals surface area contributed by atoms with Crippen molar-refractivity contribution >= 4 is 50.1 Å². The van der Waals surface area contributed by atoms with Crippen LogP contribution in [0.15, 0.2) is 34.3 Å². The Bertz CT molecular complexity index is 974. The number of sulfonamides is 1. The standard InChI is InChI=1S/C16H20ClN5O4S/c1-2-3-6-26-14(23)9-21-27(24,25)10-4-5-11-12(7-10)15(22-16(18)19)20-8-13(11)17/h4-5,7-8,21H,2-3,6,9H2,1H3,(H4,18,19,20,22). The Morgan fingerprint density at radius 1 is 1.33 bits per heavy atom. The van der Waals surface area contributed by atoms with E-state index < -0.39 is 22.5 Å². The number of hydrogen-bond acceptors (Lipinski definition) is 6. The summed E-state index contributed by atoms with van der Waals surface area (Å²) < 4.78 is 32.1. The molecule has 27 heavy (non-hydrogen) atoms. The quantitative estimate of drug-likeness (QED) is 0.256. The Hall–Kier alpha value is -2.43. The van der Waals surface area contributed by atoms with Crippen molar-refractivity contribution in [2.24, 2.45) is 16.5 Å². The number of unbranched alkanes of at least 4 members (excludes halogenated alkanes) is 1. The summed E-state index contributed by atoms with van der Waals surface area (Å²) in [4.78, 5) is 19.4. The minimum absolute atomic E-state index is 0.0903. The van der Waals surface area contributed by atoms with Crippen molar-refractivity contribution in [1.82, 2.24) is 9.71 Å². The molecule has 0 atom stereocenters. The smallest absolute Gasteiger partial charge is 0.321 e. The van der Waals surface area contributed by atoms with Gasteiger partial charge in [-0.25, -0.2) is 13.4 Å². The van der Waals surface area contributed by atoms with E-state index in [-0.39, 0.29) is 23.3 Å². The molecule has 1 aromatic carbocycles. The average molecular weight is 414 g/mol. The van der Waals surface area contributed by atoms with Gasteiger partial charge in [0.2, 0.25) is 10.0 Å². The Morgan fingerprint density at radius 3 is 2.74 bits per heavy atom. The molecule has 9 nitrogen and oxygen atoms in total. The van der Waals surface area contributed by atoms with Crippen molar-refractivity contribution in [3.8, 4) is 0 Å². The zero-order valence-corrected chi connectivity index (χ0v) is 16.2. The third kappa shape index (κ3) is 5.52. The molecule has 5 N–H and O–H groups in total. The maximum Gasteiger partial charge on any atom is 0.321 e. The van der Waals surface area contributed by atoms with Crippen molar-refractivity contribution in [3.05, 3.63) is 29.4 Å². The third-order valence-corrected chi connectivity index (χ3v) is 5.20. The Kier molecular flexibility index (Phi) is 6.94. The molecule has 0 aliphatic heterocycles. The van der Waals surface area contributed by atoms with Gasteiger partial charge in [-0.1, -0.05) is 31.0 Å². The van der Waals surface area contributed by atoms with Crippen molar-refractivity contribution < 1.29 is 17.9 Å². The van der Waals surface area contributed by atoms with E-state index in [4.69, 9.17) is 27.8 Å². The highest BCUT2D eigenvalue weighted by Gasteiger charge is 2.18. The molecular weight excluding hydrogens is 394 g/mol. The number of carbonyl (C=O) groups is 1. The van der Waals surface area contributed by atoms with Gasteiger partial charge in [-0.15, -0.1) is 0 Å². The van der Waals surface area contributed by atoms with Crippen LogP contribution in [0.5, 0.6) is 0 Å². The first-order valence-electron chi connectivity index (χ1n) is 8.07. The van der Waals surface area contributed by atoms with Crippen molar-refractivity contribution in [2.75, 3.05) is 13.2 Å². The molecule has 146 valence electrons. The first kappa shape index (κ1) is 20.9. The maximum absolute atomic E-state index is 12.5. The fraction of sp³-hybridized carbons (Fsp3) is 0.312. The lowest BCUT2D eigenvalue weighted by molar-refractivity contribution is -0.142. The third-order valence-electron chi connectivity index (χ3n) is 3.50. The Morgan fingerprint density at radius 2 is 2.07 bits per heavy atom. The van der Waals surface area contributed by atoms with Gasteiger partial charge in [0.15, 0.2) is 11.8 Å². The van der Waals surface area contributed by atoms with Crippen LogP contribution < -0.4 is 16.2 Å². The molecule has 0 saturated heterocycles. The zero-order chi connectivity index (χ0) is 20.0. The number of guanidine groups is 1. The van der Waals surface area contributed by atoms with Crippen molar-refractivity contribution in [2.45, 2.75) is 24.7 Å². The number of nitrogens with zero attached hydrogens (tertiary/aromatic N) is 2. The number of rotatable bonds is 8. The van der Waals surface area contributed by atoms with E-state index in [9.17, 15) is 13.2 Å². The van der Waals surface area contributed by atoms with E-state index in [0.717, 1.165) is 6.42 Å². The number of aliphatic imine (C=N–C) groups is 1. The van der Waals surface area contributed by atoms with Gasteiger partial charge in [-0.2, -0.15) is 9.71 Å². The van der Waals surface area contributed by atoms with E-state index in [2.05, 4.69) is 14.7 Å². The minimum atomic E-state index is -3.97. The number of nitrogens with two attached hydrogens (primary N) is 2. The largest absolute Gasteiger partial charge is 0.465 e. The summed E-state index contributed by atoms with van der Waals surface area (Å²) in [5, 5.41) is 1.20. The average Bonchev–Trinajstić information content (AvgIpc) is 2.62. The molecule has 1 heterocycles. The minimum Gasteiger partial charge on any atom is -0.465 e. The van der Waals surface area contributed by atoms with Gasteiger partial charge in [0.1, 0.15) is 6.54 Å². The summed E-state index contributed by atoms with van der Waals surface area (Å²) in [5.74, 6) is -0.753. The molecule has 0 bridgehead atoms. The highest BCUT2D eigenvalue weighted by molar-refractivity contribution is 7.89. The Balaban J connectivity index is 2.29. The maximum atomic E-state index is 12.5. The SMILES string of the molecule is CCCCOC(=O)CNS(=O)(=O)c1ccc2c(Cl)cnc(N=C(N)N)c2c1. The molecular formula is C16H20ClN5O4S. The molecule has 0 amide bonds. The second-order valence-corrected chi connectivity index (χ2v) is 7.75. The fourth-order valence-corrected chi connectivity index (χ4v) is 3.38. The summed E-state index contributed by atoms with van der Waals surface area (Å²) in [6.45, 7) is 1.73. The lowest BCUT2D eigenvalue weighted by Crippen LogP contribution is -2.30. The van der Waals surface area contributed by atoms with Crippen LogP contribution in [0.2, 0.25) is 5.02 Å². The first-order chi connectivity index (χ1) is 12.7. The van der Waals surface area contributed by atoms with E-state index in [1.165, 1.54) is 24.4 Å². The van der Waals surface area contributed by atoms with Crippen LogP contribution in [0, 0.1) is 0 Å². The highest BCUT2D eigenvalue weighted by atomic mass is 35.5. The number of nitrogens with one attached hydrogen (secondary N) is 1. The summed E-state index contributed by atoms with van der Waals surface area (Å²) >= 11 is 6.10. The normalized spacial score (nSPS) is 11.3. The molecule has 11 heteroatoms. The van der Waals surface area contributed by atoms with Gasteiger partial charge in [0.25, 0.3) is 0 Å². The van der Waals surface area contributed by atoms with Crippen molar-refractivity contribution in [1.29, 1.82) is 0 Å². The summed E-state index contributed by atoms with van der Waals surface area (Å²) in [6, 6.07) is 4.21. The number of pyridine rings is 1. The monoisotopic (exact) mass is 413 g/mol. The van der Waals surface area contributed by atoms with Gasteiger partial charge in [0.05, 0.1) is 16.5 Å². The fourth-order valence-electron chi connectivity index (χ4n) is 2.17. The van der Waals surface area contributed by atoms with Gasteiger partial charge in [-0.05, 0) is 18.6 Å². The number of ether oxygens (including phenoxy) is 1. The number of carbonyl (C=O) groups excluding carboxylic acids is 1. The van der Waals surface area contributed by atoms with Crippen LogP contribution in [0.25, 0.3) is 10.8 Å². The molecule has 1 aromatic heterocycles. The molecule has 0 aliphatic carbocycles. The number of fused-ring (bicyclic) bond motifs is 1. The lowest BCUT2D eigenvalue weighted by atomic mass is 10.1. The number of hydrogen-bond donors (Lipinski definition) is 3. The molecule has 0 fully saturated rings. The topological polar surface area (TPSA) is 150 Å². The predicted octanol–water partition coefficient (Wildman–Crippen LogP) is 1.41. The highest BCUT2D eigenvalue weighted by Crippen LogP contribution is 2.31. The summed E-state index contributed by atoms with van der Waals surface area (Å²) in [5.41, 5.74) is 10.8. The summed E-state index contributed by atoms with van der Waals surface area (Å²) in [7, 11) is -3.97. The molecule has 0 saturated carbocycles. The van der Waals surface area contributed by atoms with Crippen LogP contribution in [0.4, 0.5) is 5.82 Å². The van der Waals surface area contributed by atoms with Crippen LogP contribution in [-0.2, 0) is 19.6 Å². The van der Waals surface area contributed by atoms with E-state index in [1.807, 2.05) is 6.92 Å². The molecule has 0 radical (unpaired) electrons. The second-order valence-electron chi connectivity index (χ2n) is 5.57. The predicted molar refractivity (Wildman–Crippen MR) is 103 cm³/mol. The number of benzene rings is 1. The van der Waals surface area contributed by atoms with Crippen LogP contribution in [-0.4, -0.2) is 38.5 Å². The molecule has 0 unspecified atom stereocenters. The van der Waals surface area contributed by atoms with Gasteiger partial charge in [0, 0.05) is 17.0 Å². The van der Waals surface area contributed by atoms with E-state index in [0.29, 0.717) is 22.2 Å². The van der Waals surface area contributed by atoms with Crippen LogP contribution in [0.3, 0.4) is 0 Å². The summed E-state index contributed by atoms with van der Waals surface area (Å²) in [6.07, 6.45) is 2.94. The lowest BCUT2D eigenvalue weighted by Gasteiger charge is -2.09. The molecule has 2 rings (SSSR count). The van der Waals surface area contributed by atoms with Crippen LogP contribution in [0.1, 0.15) is 19.8 Å². The van der Waals surface area contributed by atoms with Crippen molar-refractivity contribution in [3.63, 3.8) is 0 Å². The van der Waals surface area contributed by atoms with Gasteiger partial charge in [-0.3, -0.25) is 4.79 Å². The van der Waals surface area contributed by atoms with Crippen LogP contribution >= 0.6 is 11.6 Å². The number of halogens is 1. The number of esters is 1. The molecule has 0 aliphatic rings. The molecule has 2 aromatic rings. The molecule has 0 spiro atoms. The number of aromatic nitrogens is 1. The van der Waals surface area contributed by atoms with E-state index >= 15 is 0 Å². The Labute approximate surface area is 161 Å². The van der Waals surface area contributed by atoms with E-state index in [1.54, 1.807) is 0 Å². The second kappa shape index (κ2) is 8.98. The van der Waals surface area contributed by atoms with Gasteiger partial charge >= 0.3 is 5.97 Å². The van der Waals surface area contributed by atoms with Gasteiger partial charge < -0.3 is 16.2 Å². The first-order valence-corrected chi connectivity index (χ1v) is 9.94.